The average Bonchev–Trinajstić information content (AvgIpc) is 4.13. The predicted molar refractivity (Wildman–Crippen MR) is 271 cm³/mol. The molecule has 1 aromatic carbocycles. The smallest absolute Gasteiger partial charge is 0.326 e. The number of primary amides is 1. The van der Waals surface area contributed by atoms with E-state index in [2.05, 4.69) is 41.9 Å². The first kappa shape index (κ1) is 60.2. The maximum atomic E-state index is 14.7. The number of aromatic nitrogens is 1. The van der Waals surface area contributed by atoms with Crippen molar-refractivity contribution in [3.8, 4) is 0 Å². The Bertz CT molecular complexity index is 2420. The summed E-state index contributed by atoms with van der Waals surface area (Å²) in [7, 11) is 0. The van der Waals surface area contributed by atoms with Gasteiger partial charge in [-0.1, -0.05) is 32.0 Å². The molecule has 2 saturated heterocycles. The van der Waals surface area contributed by atoms with Crippen LogP contribution in [0.2, 0.25) is 0 Å². The van der Waals surface area contributed by atoms with Gasteiger partial charge in [-0.15, -0.1) is 0 Å². The third-order valence-corrected chi connectivity index (χ3v) is 12.9. The Balaban J connectivity index is 1.56. The molecule has 11 atom stereocenters. The van der Waals surface area contributed by atoms with E-state index in [1.54, 1.807) is 26.1 Å². The van der Waals surface area contributed by atoms with Gasteiger partial charge in [0.05, 0.1) is 18.6 Å². The van der Waals surface area contributed by atoms with Crippen LogP contribution >= 0.6 is 0 Å². The molecule has 0 radical (unpaired) electrons. The van der Waals surface area contributed by atoms with Crippen molar-refractivity contribution in [1.29, 1.82) is 0 Å². The van der Waals surface area contributed by atoms with Gasteiger partial charge in [0.25, 0.3) is 0 Å². The van der Waals surface area contributed by atoms with Gasteiger partial charge in [0, 0.05) is 43.2 Å². The summed E-state index contributed by atoms with van der Waals surface area (Å²) in [5, 5.41) is 45.9. The van der Waals surface area contributed by atoms with Gasteiger partial charge < -0.3 is 84.9 Å². The number of aliphatic carboxylic acids is 1. The first-order chi connectivity index (χ1) is 35.3. The zero-order chi connectivity index (χ0) is 55.8. The van der Waals surface area contributed by atoms with E-state index in [-0.39, 0.29) is 76.5 Å². The molecule has 4 rings (SSSR count). The minimum atomic E-state index is -1.80. The standard InChI is InChI=1S/C48H74N14O13/c1-23(2)19-33(47(74)75)59-39(66)24(3)55-41(68)34-14-9-17-61(34)45(72)31(20-27-22-54-29-12-7-6-11-28(27)29)57-42(69)35-15-10-18-62(35)46(73)32(21-36(49)65)58-44(71)38(26(5)64)60-40(67)30(13-8-16-53-48(51)52)56-43(70)37(50)25(4)63/h6-7,11-12,22-26,30-35,37-38,54,63-64H,8-10,13-21,50H2,1-5H3,(H2,49,65)(H,55,68)(H,56,70)(H,57,69)(H,58,71)(H,59,66)(H,60,67)(H,74,75)(H4,51,52,53)/t24-,25+,26+,30-,31-,32-,33-,34-,35-,37-,38-/m0/s1. The molecule has 2 aliphatic rings. The molecule has 3 heterocycles. The quantitative estimate of drug-likeness (QED) is 0.0229. The number of carboxylic acid groups (broad SMARTS) is 1. The van der Waals surface area contributed by atoms with Crippen molar-refractivity contribution in [1.82, 2.24) is 46.7 Å². The molecule has 1 aromatic heterocycles. The number of hydrogen-bond donors (Lipinski definition) is 14. The molecule has 27 nitrogen and oxygen atoms in total. The van der Waals surface area contributed by atoms with Crippen LogP contribution in [0, 0.1) is 5.92 Å². The van der Waals surface area contributed by atoms with E-state index in [4.69, 9.17) is 22.9 Å². The van der Waals surface area contributed by atoms with Crippen molar-refractivity contribution in [2.24, 2.45) is 33.8 Å². The lowest BCUT2D eigenvalue weighted by Crippen LogP contribution is -2.62. The van der Waals surface area contributed by atoms with Crippen LogP contribution in [0.25, 0.3) is 10.9 Å². The molecule has 0 saturated carbocycles. The van der Waals surface area contributed by atoms with Crippen LogP contribution in [0.15, 0.2) is 35.5 Å². The van der Waals surface area contributed by atoms with Crippen LogP contribution in [-0.2, 0) is 54.4 Å². The van der Waals surface area contributed by atoms with E-state index >= 15 is 0 Å². The highest BCUT2D eigenvalue weighted by Gasteiger charge is 2.43. The molecule has 0 aliphatic carbocycles. The fourth-order valence-electron chi connectivity index (χ4n) is 8.94. The lowest BCUT2D eigenvalue weighted by Gasteiger charge is -2.32. The number of likely N-dealkylation sites (tertiary alicyclic amines) is 2. The fraction of sp³-hybridized carbons (Fsp3) is 0.604. The third kappa shape index (κ3) is 17.1. The van der Waals surface area contributed by atoms with Crippen molar-refractivity contribution < 1.29 is 63.3 Å². The summed E-state index contributed by atoms with van der Waals surface area (Å²) in [4.78, 5) is 144. The SMILES string of the molecule is CC(C)C[C@H](NC(=O)[C@H](C)NC(=O)[C@@H]1CCCN1C(=O)[C@H](Cc1c[nH]c2ccccc12)NC(=O)[C@@H]1CCCN1C(=O)[C@H](CC(N)=O)NC(=O)[C@@H](NC(=O)[C@H](CCCN=C(N)N)NC(=O)[C@@H](N)[C@@H](C)O)[C@@H](C)O)C(=O)O. The number of benzene rings is 1. The number of nitrogens with one attached hydrogen (secondary N) is 7. The summed E-state index contributed by atoms with van der Waals surface area (Å²) in [6, 6.07) is -5.15. The number of hydrogen-bond acceptors (Lipinski definition) is 14. The number of carboxylic acids is 1. The van der Waals surface area contributed by atoms with Crippen LogP contribution in [0.3, 0.4) is 0 Å². The highest BCUT2D eigenvalue weighted by atomic mass is 16.4. The summed E-state index contributed by atoms with van der Waals surface area (Å²) >= 11 is 0. The number of rotatable bonds is 27. The lowest BCUT2D eigenvalue weighted by molar-refractivity contribution is -0.145. The number of nitrogens with two attached hydrogens (primary N) is 4. The Morgan fingerprint density at radius 1 is 0.707 bits per heavy atom. The second-order valence-corrected chi connectivity index (χ2v) is 19.5. The van der Waals surface area contributed by atoms with Gasteiger partial charge in [-0.05, 0) is 83.3 Å². The molecular weight excluding hydrogens is 981 g/mol. The summed E-state index contributed by atoms with van der Waals surface area (Å²) in [5.74, 6) is -9.36. The number of para-hydroxylation sites is 1. The normalized spacial score (nSPS) is 19.0. The van der Waals surface area contributed by atoms with Crippen LogP contribution in [-0.4, -0.2) is 181 Å². The Labute approximate surface area is 433 Å². The van der Waals surface area contributed by atoms with Crippen molar-refractivity contribution in [3.63, 3.8) is 0 Å². The fourth-order valence-corrected chi connectivity index (χ4v) is 8.94. The second-order valence-electron chi connectivity index (χ2n) is 19.5. The minimum absolute atomic E-state index is 0.0384. The highest BCUT2D eigenvalue weighted by molar-refractivity contribution is 6.00. The molecule has 75 heavy (non-hydrogen) atoms. The van der Waals surface area contributed by atoms with Gasteiger partial charge in [-0.2, -0.15) is 0 Å². The van der Waals surface area contributed by atoms with E-state index in [1.807, 2.05) is 18.2 Å². The van der Waals surface area contributed by atoms with Gasteiger partial charge in [0.1, 0.15) is 54.4 Å². The molecule has 0 unspecified atom stereocenters. The summed E-state index contributed by atoms with van der Waals surface area (Å²) in [6.07, 6.45) is -0.983. The predicted octanol–water partition coefficient (Wildman–Crippen LogP) is -4.23. The number of guanidine groups is 1. The molecule has 2 fully saturated rings. The zero-order valence-electron chi connectivity index (χ0n) is 42.9. The lowest BCUT2D eigenvalue weighted by atomic mass is 10.0. The molecule has 2 aliphatic heterocycles. The van der Waals surface area contributed by atoms with E-state index in [1.165, 1.54) is 18.7 Å². The zero-order valence-corrected chi connectivity index (χ0v) is 42.9. The Morgan fingerprint density at radius 3 is 1.84 bits per heavy atom. The molecule has 9 amide bonds. The van der Waals surface area contributed by atoms with Crippen molar-refractivity contribution >= 4 is 76.0 Å². The van der Waals surface area contributed by atoms with Gasteiger partial charge in [0.2, 0.25) is 53.2 Å². The number of aliphatic hydroxyl groups excluding tert-OH is 2. The molecule has 0 spiro atoms. The third-order valence-electron chi connectivity index (χ3n) is 12.9. The van der Waals surface area contributed by atoms with E-state index < -0.39 is 132 Å². The van der Waals surface area contributed by atoms with Gasteiger partial charge >= 0.3 is 5.97 Å². The van der Waals surface area contributed by atoms with E-state index in [0.717, 1.165) is 22.7 Å². The van der Waals surface area contributed by atoms with Gasteiger partial charge in [-0.25, -0.2) is 4.79 Å². The number of nitrogens with zero attached hydrogens (tertiary/aromatic N) is 3. The van der Waals surface area contributed by atoms with Crippen LogP contribution < -0.4 is 54.8 Å². The monoisotopic (exact) mass is 1050 g/mol. The van der Waals surface area contributed by atoms with Crippen molar-refractivity contribution in [2.75, 3.05) is 19.6 Å². The van der Waals surface area contributed by atoms with E-state index in [0.29, 0.717) is 12.0 Å². The average molecular weight is 1060 g/mol. The Hall–Kier alpha value is -7.39. The molecule has 27 heteroatoms. The van der Waals surface area contributed by atoms with Crippen LogP contribution in [0.5, 0.6) is 0 Å². The molecule has 414 valence electrons. The molecule has 18 N–H and O–H groups in total. The second kappa shape index (κ2) is 27.8. The first-order valence-corrected chi connectivity index (χ1v) is 25.0. The van der Waals surface area contributed by atoms with Crippen molar-refractivity contribution in [3.05, 3.63) is 36.0 Å². The number of aromatic amines is 1. The number of carbonyl (C=O) groups excluding carboxylic acids is 9. The van der Waals surface area contributed by atoms with Crippen molar-refractivity contribution in [2.45, 2.75) is 159 Å². The highest BCUT2D eigenvalue weighted by Crippen LogP contribution is 2.25. The maximum absolute atomic E-state index is 14.7. The number of aliphatic hydroxyl groups is 2. The van der Waals surface area contributed by atoms with Crippen LogP contribution in [0.1, 0.15) is 91.5 Å². The summed E-state index contributed by atoms with van der Waals surface area (Å²) < 4.78 is 0. The number of carbonyl (C=O) groups is 10. The first-order valence-electron chi connectivity index (χ1n) is 25.0. The Kier molecular flexibility index (Phi) is 22.3. The molecule has 0 bridgehead atoms. The van der Waals surface area contributed by atoms with Crippen LogP contribution in [0.4, 0.5) is 0 Å². The number of H-pyrrole nitrogens is 1. The summed E-state index contributed by atoms with van der Waals surface area (Å²) in [5.41, 5.74) is 23.5. The van der Waals surface area contributed by atoms with Gasteiger partial charge in [0.15, 0.2) is 5.96 Å². The topological polar surface area (TPSA) is 442 Å². The largest absolute Gasteiger partial charge is 0.480 e. The maximum Gasteiger partial charge on any atom is 0.326 e. The molecular formula is C48H74N14O13. The molecule has 2 aromatic rings. The minimum Gasteiger partial charge on any atom is -0.480 e. The number of fused-ring (bicyclic) bond motifs is 1. The van der Waals surface area contributed by atoms with Gasteiger partial charge in [-0.3, -0.25) is 48.1 Å². The summed E-state index contributed by atoms with van der Waals surface area (Å²) in [6.45, 7) is 7.51. The Morgan fingerprint density at radius 2 is 1.28 bits per heavy atom. The van der Waals surface area contributed by atoms with E-state index in [9.17, 15) is 63.3 Å². The number of amides is 9. The number of aliphatic imine (C=N–C) groups is 1.